The first-order valence-corrected chi connectivity index (χ1v) is 6.79. The third-order valence-electron chi connectivity index (χ3n) is 2.96. The maximum Gasteiger partial charge on any atom is 0.250 e. The third-order valence-corrected chi connectivity index (χ3v) is 3.26. The molecule has 1 amide bonds. The Labute approximate surface area is 132 Å². The largest absolute Gasteiger partial charge is 0.495 e. The summed E-state index contributed by atoms with van der Waals surface area (Å²) in [5.41, 5.74) is 0.163. The molecule has 22 heavy (non-hydrogen) atoms. The molecule has 1 aromatic heterocycles. The first kappa shape index (κ1) is 15.9. The summed E-state index contributed by atoms with van der Waals surface area (Å²) >= 11 is 6.00. The average molecular weight is 323 g/mol. The standard InChI is InChI=1S/C15H15ClN2O4/c1-21-12-8-11(13(22-2)7-10(12)16)17-14(19)9-18-6-4-3-5-15(18)20/h3-8H,9H2,1-2H3,(H,17,19). The van der Waals surface area contributed by atoms with E-state index in [-0.39, 0.29) is 18.0 Å². The van der Waals surface area contributed by atoms with Crippen molar-refractivity contribution in [2.45, 2.75) is 6.54 Å². The van der Waals surface area contributed by atoms with Crippen LogP contribution in [0.5, 0.6) is 11.5 Å². The highest BCUT2D eigenvalue weighted by Gasteiger charge is 2.13. The van der Waals surface area contributed by atoms with Crippen LogP contribution in [0.2, 0.25) is 5.02 Å². The molecular weight excluding hydrogens is 308 g/mol. The van der Waals surface area contributed by atoms with Gasteiger partial charge in [-0.25, -0.2) is 0 Å². The molecular formula is C15H15ClN2O4. The summed E-state index contributed by atoms with van der Waals surface area (Å²) < 4.78 is 11.6. The Balaban J connectivity index is 2.21. The highest BCUT2D eigenvalue weighted by Crippen LogP contribution is 2.35. The molecule has 1 N–H and O–H groups in total. The Kier molecular flexibility index (Phi) is 5.06. The van der Waals surface area contributed by atoms with Crippen molar-refractivity contribution in [1.82, 2.24) is 4.57 Å². The predicted octanol–water partition coefficient (Wildman–Crippen LogP) is 2.16. The zero-order chi connectivity index (χ0) is 16.1. The first-order valence-electron chi connectivity index (χ1n) is 6.42. The number of pyridine rings is 1. The Morgan fingerprint density at radius 3 is 2.59 bits per heavy atom. The molecule has 0 unspecified atom stereocenters. The van der Waals surface area contributed by atoms with Crippen LogP contribution in [0, 0.1) is 0 Å². The van der Waals surface area contributed by atoms with E-state index in [4.69, 9.17) is 21.1 Å². The number of anilines is 1. The summed E-state index contributed by atoms with van der Waals surface area (Å²) in [5.74, 6) is 0.449. The van der Waals surface area contributed by atoms with Gasteiger partial charge in [0.2, 0.25) is 5.91 Å². The summed E-state index contributed by atoms with van der Waals surface area (Å²) in [4.78, 5) is 23.7. The predicted molar refractivity (Wildman–Crippen MR) is 83.9 cm³/mol. The molecule has 7 heteroatoms. The number of methoxy groups -OCH3 is 2. The third kappa shape index (κ3) is 3.59. The molecule has 1 aromatic carbocycles. The second-order valence-corrected chi connectivity index (χ2v) is 4.81. The Morgan fingerprint density at radius 1 is 1.23 bits per heavy atom. The van der Waals surface area contributed by atoms with Crippen LogP contribution in [0.25, 0.3) is 0 Å². The molecule has 0 bridgehead atoms. The van der Waals surface area contributed by atoms with Gasteiger partial charge in [0.25, 0.3) is 5.56 Å². The number of nitrogens with zero attached hydrogens (tertiary/aromatic N) is 1. The lowest BCUT2D eigenvalue weighted by Crippen LogP contribution is -2.26. The fraction of sp³-hybridized carbons (Fsp3) is 0.200. The fourth-order valence-electron chi connectivity index (χ4n) is 1.89. The van der Waals surface area contributed by atoms with Gasteiger partial charge < -0.3 is 19.4 Å². The summed E-state index contributed by atoms with van der Waals surface area (Å²) in [6, 6.07) is 7.79. The van der Waals surface area contributed by atoms with Gasteiger partial charge in [0.15, 0.2) is 0 Å². The summed E-state index contributed by atoms with van der Waals surface area (Å²) in [7, 11) is 2.94. The van der Waals surface area contributed by atoms with Gasteiger partial charge in [0, 0.05) is 24.4 Å². The zero-order valence-corrected chi connectivity index (χ0v) is 12.9. The highest BCUT2D eigenvalue weighted by atomic mass is 35.5. The molecule has 2 aromatic rings. The number of ether oxygens (including phenoxy) is 2. The van der Waals surface area contributed by atoms with Crippen molar-refractivity contribution in [3.63, 3.8) is 0 Å². The lowest BCUT2D eigenvalue weighted by Gasteiger charge is -2.13. The van der Waals surface area contributed by atoms with Gasteiger partial charge in [-0.3, -0.25) is 9.59 Å². The van der Waals surface area contributed by atoms with Gasteiger partial charge in [-0.05, 0) is 6.07 Å². The number of carbonyl (C=O) groups is 1. The Bertz CT molecular complexity index is 743. The van der Waals surface area contributed by atoms with Crippen molar-refractivity contribution in [2.75, 3.05) is 19.5 Å². The van der Waals surface area contributed by atoms with Crippen LogP contribution in [-0.2, 0) is 11.3 Å². The molecule has 6 nitrogen and oxygen atoms in total. The van der Waals surface area contributed by atoms with Gasteiger partial charge in [0.1, 0.15) is 18.0 Å². The maximum atomic E-state index is 12.1. The van der Waals surface area contributed by atoms with E-state index >= 15 is 0 Å². The topological polar surface area (TPSA) is 69.6 Å². The molecule has 0 fully saturated rings. The molecule has 0 aliphatic rings. The van der Waals surface area contributed by atoms with Gasteiger partial charge in [-0.1, -0.05) is 17.7 Å². The molecule has 0 spiro atoms. The second kappa shape index (κ2) is 7.00. The molecule has 1 heterocycles. The SMILES string of the molecule is COc1cc(NC(=O)Cn2ccccc2=O)c(OC)cc1Cl. The number of amides is 1. The van der Waals surface area contributed by atoms with Crippen LogP contribution in [0.15, 0.2) is 41.3 Å². The maximum absolute atomic E-state index is 12.1. The fourth-order valence-corrected chi connectivity index (χ4v) is 2.12. The van der Waals surface area contributed by atoms with Crippen molar-refractivity contribution in [3.8, 4) is 11.5 Å². The van der Waals surface area contributed by atoms with Crippen LogP contribution in [-0.4, -0.2) is 24.7 Å². The smallest absolute Gasteiger partial charge is 0.250 e. The monoisotopic (exact) mass is 322 g/mol. The second-order valence-electron chi connectivity index (χ2n) is 4.40. The summed E-state index contributed by atoms with van der Waals surface area (Å²) in [5, 5.41) is 3.05. The Morgan fingerprint density at radius 2 is 1.95 bits per heavy atom. The van der Waals surface area contributed by atoms with Gasteiger partial charge in [-0.2, -0.15) is 0 Å². The van der Waals surface area contributed by atoms with E-state index in [9.17, 15) is 9.59 Å². The van der Waals surface area contributed by atoms with Crippen molar-refractivity contribution in [2.24, 2.45) is 0 Å². The lowest BCUT2D eigenvalue weighted by atomic mass is 10.2. The van der Waals surface area contributed by atoms with Gasteiger partial charge in [0.05, 0.1) is 24.9 Å². The number of hydrogen-bond acceptors (Lipinski definition) is 4. The minimum absolute atomic E-state index is 0.103. The number of rotatable bonds is 5. The number of carbonyl (C=O) groups excluding carboxylic acids is 1. The van der Waals surface area contributed by atoms with Crippen LogP contribution in [0.3, 0.4) is 0 Å². The van der Waals surface area contributed by atoms with Crippen molar-refractivity contribution in [3.05, 3.63) is 51.9 Å². The molecule has 2 rings (SSSR count). The minimum atomic E-state index is -0.365. The number of benzene rings is 1. The molecule has 116 valence electrons. The van der Waals surface area contributed by atoms with E-state index in [1.165, 1.54) is 24.9 Å². The Hall–Kier alpha value is -2.47. The normalized spacial score (nSPS) is 10.1. The van der Waals surface area contributed by atoms with Crippen LogP contribution in [0.1, 0.15) is 0 Å². The molecule has 0 aliphatic carbocycles. The molecule has 0 atom stereocenters. The zero-order valence-electron chi connectivity index (χ0n) is 12.1. The van der Waals surface area contributed by atoms with E-state index in [2.05, 4.69) is 5.32 Å². The van der Waals surface area contributed by atoms with E-state index < -0.39 is 0 Å². The van der Waals surface area contributed by atoms with E-state index in [0.29, 0.717) is 22.2 Å². The van der Waals surface area contributed by atoms with Crippen molar-refractivity contribution in [1.29, 1.82) is 0 Å². The van der Waals surface area contributed by atoms with Crippen LogP contribution < -0.4 is 20.3 Å². The number of aromatic nitrogens is 1. The molecule has 0 saturated carbocycles. The van der Waals surface area contributed by atoms with E-state index in [0.717, 1.165) is 0 Å². The average Bonchev–Trinajstić information content (AvgIpc) is 2.50. The summed E-state index contributed by atoms with van der Waals surface area (Å²) in [6.45, 7) is -0.103. The van der Waals surface area contributed by atoms with E-state index in [1.807, 2.05) is 0 Å². The lowest BCUT2D eigenvalue weighted by molar-refractivity contribution is -0.116. The van der Waals surface area contributed by atoms with Crippen LogP contribution >= 0.6 is 11.6 Å². The molecule has 0 radical (unpaired) electrons. The van der Waals surface area contributed by atoms with Crippen molar-refractivity contribution >= 4 is 23.2 Å². The number of hydrogen-bond donors (Lipinski definition) is 1. The number of halogens is 1. The molecule has 0 aliphatic heterocycles. The first-order chi connectivity index (χ1) is 10.5. The minimum Gasteiger partial charge on any atom is -0.495 e. The van der Waals surface area contributed by atoms with Crippen LogP contribution in [0.4, 0.5) is 5.69 Å². The molecule has 0 saturated heterocycles. The van der Waals surface area contributed by atoms with Crippen molar-refractivity contribution < 1.29 is 14.3 Å². The quantitative estimate of drug-likeness (QED) is 0.916. The van der Waals surface area contributed by atoms with E-state index in [1.54, 1.807) is 30.5 Å². The number of nitrogens with one attached hydrogen (secondary N) is 1. The van der Waals surface area contributed by atoms with Gasteiger partial charge in [-0.15, -0.1) is 0 Å². The van der Waals surface area contributed by atoms with Gasteiger partial charge >= 0.3 is 0 Å². The highest BCUT2D eigenvalue weighted by molar-refractivity contribution is 6.32. The summed E-state index contributed by atoms with van der Waals surface area (Å²) in [6.07, 6.45) is 1.54.